The molecule has 1 aromatic carbocycles. The quantitative estimate of drug-likeness (QED) is 0.770. The topological polar surface area (TPSA) is 102 Å². The zero-order valence-corrected chi connectivity index (χ0v) is 12.0. The van der Waals surface area contributed by atoms with Crippen molar-refractivity contribution in [2.24, 2.45) is 5.14 Å². The molecule has 6 nitrogen and oxygen atoms in total. The molecule has 8 heteroatoms. The summed E-state index contributed by atoms with van der Waals surface area (Å²) in [6.07, 6.45) is 3.14. The minimum absolute atomic E-state index is 0.348. The van der Waals surface area contributed by atoms with Crippen LogP contribution in [0.15, 0.2) is 53.9 Å². The Hall–Kier alpha value is -2.58. The molecule has 3 aromatic rings. The van der Waals surface area contributed by atoms with E-state index in [1.54, 1.807) is 24.5 Å². The van der Waals surface area contributed by atoms with Crippen LogP contribution in [0.3, 0.4) is 0 Å². The number of hydrogen-bond donors (Lipinski definition) is 2. The Bertz CT molecular complexity index is 906. The third kappa shape index (κ3) is 2.74. The van der Waals surface area contributed by atoms with Gasteiger partial charge in [0.05, 0.1) is 11.4 Å². The van der Waals surface area contributed by atoms with Crippen LogP contribution in [0.25, 0.3) is 22.5 Å². The average molecular weight is 318 g/mol. The predicted octanol–water partition coefficient (Wildman–Crippen LogP) is 1.93. The number of nitrogens with zero attached hydrogens (tertiary/aromatic N) is 2. The van der Waals surface area contributed by atoms with Gasteiger partial charge in [0.2, 0.25) is 5.16 Å². The van der Waals surface area contributed by atoms with Gasteiger partial charge in [0, 0.05) is 23.5 Å². The lowest BCUT2D eigenvalue weighted by atomic mass is 10.1. The van der Waals surface area contributed by atoms with Crippen molar-refractivity contribution in [3.63, 3.8) is 0 Å². The Morgan fingerprint density at radius 3 is 2.23 bits per heavy atom. The second-order valence-corrected chi connectivity index (χ2v) is 6.03. The van der Waals surface area contributed by atoms with Crippen molar-refractivity contribution in [2.45, 2.75) is 5.16 Å². The van der Waals surface area contributed by atoms with E-state index < -0.39 is 15.8 Å². The largest absolute Gasteiger partial charge is 0.327 e. The minimum atomic E-state index is -3.99. The van der Waals surface area contributed by atoms with Gasteiger partial charge in [0.15, 0.2) is 0 Å². The average Bonchev–Trinajstić information content (AvgIpc) is 2.94. The van der Waals surface area contributed by atoms with Gasteiger partial charge in [-0.2, -0.15) is 0 Å². The number of aromatic nitrogens is 3. The number of nitrogens with one attached hydrogen (secondary N) is 1. The van der Waals surface area contributed by atoms with Crippen molar-refractivity contribution >= 4 is 10.0 Å². The van der Waals surface area contributed by atoms with Gasteiger partial charge in [-0.3, -0.25) is 4.98 Å². The molecule has 0 aliphatic rings. The zero-order valence-electron chi connectivity index (χ0n) is 11.2. The fourth-order valence-electron chi connectivity index (χ4n) is 2.03. The molecule has 0 atom stereocenters. The van der Waals surface area contributed by atoms with Crippen LogP contribution in [-0.2, 0) is 10.0 Å². The van der Waals surface area contributed by atoms with E-state index in [1.807, 2.05) is 0 Å². The second-order valence-electron chi connectivity index (χ2n) is 4.55. The third-order valence-corrected chi connectivity index (χ3v) is 3.77. The molecule has 112 valence electrons. The lowest BCUT2D eigenvalue weighted by Crippen LogP contribution is -2.13. The summed E-state index contributed by atoms with van der Waals surface area (Å²) in [5.74, 6) is -0.392. The SMILES string of the molecule is NS(=O)(=O)c1nc(-c2ccc(F)cc2)c(-c2ccncc2)[nH]1. The van der Waals surface area contributed by atoms with Crippen LogP contribution in [0, 0.1) is 5.82 Å². The highest BCUT2D eigenvalue weighted by Gasteiger charge is 2.20. The number of hydrogen-bond acceptors (Lipinski definition) is 4. The summed E-state index contributed by atoms with van der Waals surface area (Å²) in [4.78, 5) is 10.7. The Balaban J connectivity index is 2.24. The first-order valence-electron chi connectivity index (χ1n) is 6.24. The summed E-state index contributed by atoms with van der Waals surface area (Å²) in [6, 6.07) is 8.99. The monoisotopic (exact) mass is 318 g/mol. The lowest BCUT2D eigenvalue weighted by molar-refractivity contribution is 0.590. The fourth-order valence-corrected chi connectivity index (χ4v) is 2.49. The summed E-state index contributed by atoms with van der Waals surface area (Å²) in [7, 11) is -3.99. The molecule has 0 saturated heterocycles. The van der Waals surface area contributed by atoms with E-state index >= 15 is 0 Å². The van der Waals surface area contributed by atoms with E-state index in [4.69, 9.17) is 5.14 Å². The van der Waals surface area contributed by atoms with E-state index in [1.165, 1.54) is 24.3 Å². The Morgan fingerprint density at radius 1 is 1.00 bits per heavy atom. The Morgan fingerprint density at radius 2 is 1.64 bits per heavy atom. The second kappa shape index (κ2) is 5.32. The van der Waals surface area contributed by atoms with E-state index in [-0.39, 0.29) is 5.16 Å². The molecular formula is C14H11FN4O2S. The standard InChI is InChI=1S/C14H11FN4O2S/c15-11-3-1-9(2-4-11)12-13(10-5-7-17-8-6-10)19-14(18-12)22(16,20)21/h1-8H,(H,18,19)(H2,16,20,21). The minimum Gasteiger partial charge on any atom is -0.327 e. The fraction of sp³-hybridized carbons (Fsp3) is 0. The molecule has 0 spiro atoms. The number of sulfonamides is 1. The summed E-state index contributed by atoms with van der Waals surface area (Å²) in [5, 5.41) is 4.78. The van der Waals surface area contributed by atoms with Crippen molar-refractivity contribution in [1.29, 1.82) is 0 Å². The van der Waals surface area contributed by atoms with Crippen LogP contribution in [0.1, 0.15) is 0 Å². The molecular weight excluding hydrogens is 307 g/mol. The van der Waals surface area contributed by atoms with E-state index in [9.17, 15) is 12.8 Å². The molecule has 0 radical (unpaired) electrons. The molecule has 2 heterocycles. The van der Waals surface area contributed by atoms with Gasteiger partial charge in [0.25, 0.3) is 10.0 Å². The van der Waals surface area contributed by atoms with Crippen LogP contribution in [0.2, 0.25) is 0 Å². The first kappa shape index (κ1) is 14.4. The summed E-state index contributed by atoms with van der Waals surface area (Å²) in [6.45, 7) is 0. The van der Waals surface area contributed by atoms with Gasteiger partial charge in [0.1, 0.15) is 5.82 Å². The van der Waals surface area contributed by atoms with Crippen LogP contribution in [-0.4, -0.2) is 23.4 Å². The van der Waals surface area contributed by atoms with Gasteiger partial charge in [-0.25, -0.2) is 22.9 Å². The summed E-state index contributed by atoms with van der Waals surface area (Å²) >= 11 is 0. The number of primary sulfonamides is 1. The molecule has 2 aromatic heterocycles. The highest BCUT2D eigenvalue weighted by molar-refractivity contribution is 7.89. The maximum absolute atomic E-state index is 13.1. The summed E-state index contributed by atoms with van der Waals surface area (Å²) < 4.78 is 36.1. The van der Waals surface area contributed by atoms with Gasteiger partial charge in [-0.1, -0.05) is 0 Å². The number of halogens is 1. The number of rotatable bonds is 3. The molecule has 0 saturated carbocycles. The van der Waals surface area contributed by atoms with Crippen LogP contribution in [0.4, 0.5) is 4.39 Å². The van der Waals surface area contributed by atoms with Gasteiger partial charge < -0.3 is 4.98 Å². The Kier molecular flexibility index (Phi) is 3.47. The molecule has 0 fully saturated rings. The number of benzene rings is 1. The molecule has 0 amide bonds. The number of nitrogens with two attached hydrogens (primary N) is 1. The predicted molar refractivity (Wildman–Crippen MR) is 78.6 cm³/mol. The first-order valence-corrected chi connectivity index (χ1v) is 7.79. The zero-order chi connectivity index (χ0) is 15.7. The number of imidazole rings is 1. The van der Waals surface area contributed by atoms with E-state index in [0.717, 1.165) is 0 Å². The number of aromatic amines is 1. The van der Waals surface area contributed by atoms with Crippen molar-refractivity contribution < 1.29 is 12.8 Å². The van der Waals surface area contributed by atoms with Crippen molar-refractivity contribution in [1.82, 2.24) is 15.0 Å². The van der Waals surface area contributed by atoms with Crippen LogP contribution < -0.4 is 5.14 Å². The first-order chi connectivity index (χ1) is 10.4. The highest BCUT2D eigenvalue weighted by atomic mass is 32.2. The van der Waals surface area contributed by atoms with Crippen molar-refractivity contribution in [2.75, 3.05) is 0 Å². The van der Waals surface area contributed by atoms with Gasteiger partial charge in [-0.05, 0) is 36.4 Å². The maximum Gasteiger partial charge on any atom is 0.271 e. The molecule has 22 heavy (non-hydrogen) atoms. The van der Waals surface area contributed by atoms with Gasteiger partial charge >= 0.3 is 0 Å². The van der Waals surface area contributed by atoms with Crippen LogP contribution in [0.5, 0.6) is 0 Å². The highest BCUT2D eigenvalue weighted by Crippen LogP contribution is 2.30. The summed E-state index contributed by atoms with van der Waals surface area (Å²) in [5.41, 5.74) is 2.10. The van der Waals surface area contributed by atoms with Gasteiger partial charge in [-0.15, -0.1) is 0 Å². The normalized spacial score (nSPS) is 11.5. The molecule has 3 rings (SSSR count). The van der Waals surface area contributed by atoms with Crippen molar-refractivity contribution in [3.8, 4) is 22.5 Å². The lowest BCUT2D eigenvalue weighted by Gasteiger charge is -2.02. The van der Waals surface area contributed by atoms with Crippen LogP contribution >= 0.6 is 0 Å². The molecule has 0 unspecified atom stereocenters. The third-order valence-electron chi connectivity index (χ3n) is 3.04. The smallest absolute Gasteiger partial charge is 0.271 e. The number of pyridine rings is 1. The molecule has 0 bridgehead atoms. The number of H-pyrrole nitrogens is 1. The molecule has 0 aliphatic carbocycles. The van der Waals surface area contributed by atoms with E-state index in [2.05, 4.69) is 15.0 Å². The maximum atomic E-state index is 13.1. The van der Waals surface area contributed by atoms with Crippen molar-refractivity contribution in [3.05, 3.63) is 54.6 Å². The Labute approximate surface area is 125 Å². The molecule has 3 N–H and O–H groups in total. The van der Waals surface area contributed by atoms with E-state index in [0.29, 0.717) is 22.5 Å². The molecule has 0 aliphatic heterocycles.